The Kier molecular flexibility index (Phi) is 3.29. The molecule has 0 unspecified atom stereocenters. The minimum absolute atomic E-state index is 0.233. The summed E-state index contributed by atoms with van der Waals surface area (Å²) in [5.41, 5.74) is 8.40. The van der Waals surface area contributed by atoms with Crippen LogP contribution in [0.1, 0.15) is 11.0 Å². The molecule has 0 fully saturated rings. The van der Waals surface area contributed by atoms with E-state index in [4.69, 9.17) is 5.73 Å². The Labute approximate surface area is 152 Å². The van der Waals surface area contributed by atoms with E-state index in [1.807, 2.05) is 47.0 Å². The minimum Gasteiger partial charge on any atom is -0.370 e. The SMILES string of the molecule is NC1=N[C@H](c2ccc(-c3ccccc3F)s2)n2c(nc3ccccc32)N1. The predicted octanol–water partition coefficient (Wildman–Crippen LogP) is 4.19. The zero-order valence-corrected chi connectivity index (χ0v) is 14.4. The van der Waals surface area contributed by atoms with Crippen LogP contribution in [0, 0.1) is 5.82 Å². The highest BCUT2D eigenvalue weighted by Gasteiger charge is 2.26. The molecule has 26 heavy (non-hydrogen) atoms. The minimum atomic E-state index is -0.329. The quantitative estimate of drug-likeness (QED) is 0.561. The molecule has 1 atom stereocenters. The number of nitrogens with two attached hydrogens (primary N) is 1. The lowest BCUT2D eigenvalue weighted by Gasteiger charge is -2.22. The van der Waals surface area contributed by atoms with Crippen LogP contribution in [-0.4, -0.2) is 15.5 Å². The van der Waals surface area contributed by atoms with E-state index in [0.717, 1.165) is 20.8 Å². The average Bonchev–Trinajstić information content (AvgIpc) is 3.26. The van der Waals surface area contributed by atoms with Crippen molar-refractivity contribution in [3.8, 4) is 10.4 Å². The number of benzene rings is 2. The molecule has 3 N–H and O–H groups in total. The molecule has 7 heteroatoms. The monoisotopic (exact) mass is 363 g/mol. The molecule has 2 aromatic heterocycles. The molecule has 4 aromatic rings. The van der Waals surface area contributed by atoms with Gasteiger partial charge in [0, 0.05) is 10.4 Å². The van der Waals surface area contributed by atoms with Gasteiger partial charge in [-0.15, -0.1) is 11.3 Å². The molecule has 0 spiro atoms. The first-order chi connectivity index (χ1) is 12.7. The fraction of sp³-hybridized carbons (Fsp3) is 0.0526. The number of rotatable bonds is 2. The van der Waals surface area contributed by atoms with Gasteiger partial charge in [-0.3, -0.25) is 9.88 Å². The third-order valence-corrected chi connectivity index (χ3v) is 5.52. The van der Waals surface area contributed by atoms with Gasteiger partial charge < -0.3 is 5.73 Å². The van der Waals surface area contributed by atoms with E-state index in [9.17, 15) is 4.39 Å². The zero-order valence-electron chi connectivity index (χ0n) is 13.6. The van der Waals surface area contributed by atoms with Crippen molar-refractivity contribution in [3.05, 3.63) is 71.4 Å². The molecule has 0 aliphatic carbocycles. The standard InChI is InChI=1S/C19H14FN5S/c20-12-6-2-1-5-11(12)15-9-10-16(26-15)17-23-18(21)24-19-22-13-7-3-4-8-14(13)25(17)19/h1-10,17H,(H3,21,22,23,24)/t17-/m0/s1. The summed E-state index contributed by atoms with van der Waals surface area (Å²) in [5.74, 6) is 0.742. The van der Waals surface area contributed by atoms with Crippen molar-refractivity contribution in [3.63, 3.8) is 0 Å². The summed E-state index contributed by atoms with van der Waals surface area (Å²) in [7, 11) is 0. The molecule has 3 heterocycles. The summed E-state index contributed by atoms with van der Waals surface area (Å²) >= 11 is 1.51. The van der Waals surface area contributed by atoms with Gasteiger partial charge in [-0.25, -0.2) is 14.4 Å². The number of imidazole rings is 1. The Morgan fingerprint density at radius 1 is 1.04 bits per heavy atom. The number of aromatic nitrogens is 2. The molecular formula is C19H14FN5S. The second kappa shape index (κ2) is 5.67. The van der Waals surface area contributed by atoms with Gasteiger partial charge in [-0.1, -0.05) is 30.3 Å². The lowest BCUT2D eigenvalue weighted by Crippen LogP contribution is -2.31. The third-order valence-electron chi connectivity index (χ3n) is 4.36. The number of para-hydroxylation sites is 2. The highest BCUT2D eigenvalue weighted by Crippen LogP contribution is 2.38. The smallest absolute Gasteiger partial charge is 0.212 e. The van der Waals surface area contributed by atoms with Crippen LogP contribution in [0.2, 0.25) is 0 Å². The first-order valence-electron chi connectivity index (χ1n) is 8.12. The molecule has 0 radical (unpaired) electrons. The second-order valence-corrected chi connectivity index (χ2v) is 7.10. The van der Waals surface area contributed by atoms with Gasteiger partial charge >= 0.3 is 0 Å². The van der Waals surface area contributed by atoms with Crippen LogP contribution >= 0.6 is 11.3 Å². The predicted molar refractivity (Wildman–Crippen MR) is 103 cm³/mol. The first kappa shape index (κ1) is 15.1. The number of anilines is 1. The van der Waals surface area contributed by atoms with Gasteiger partial charge in [-0.05, 0) is 30.3 Å². The van der Waals surface area contributed by atoms with E-state index in [1.165, 1.54) is 17.4 Å². The molecule has 5 nitrogen and oxygen atoms in total. The molecule has 1 aliphatic rings. The summed E-state index contributed by atoms with van der Waals surface area (Å²) in [6.45, 7) is 0. The first-order valence-corrected chi connectivity index (χ1v) is 8.94. The maximum absolute atomic E-state index is 14.1. The number of hydrogen-bond donors (Lipinski definition) is 2. The van der Waals surface area contributed by atoms with Crippen LogP contribution in [0.4, 0.5) is 10.3 Å². The van der Waals surface area contributed by atoms with Gasteiger partial charge in [-0.2, -0.15) is 0 Å². The van der Waals surface area contributed by atoms with E-state index in [0.29, 0.717) is 17.5 Å². The number of aliphatic imine (C=N–C) groups is 1. The van der Waals surface area contributed by atoms with Crippen molar-refractivity contribution in [2.24, 2.45) is 10.7 Å². The summed E-state index contributed by atoms with van der Waals surface area (Å²) in [4.78, 5) is 11.0. The highest BCUT2D eigenvalue weighted by atomic mass is 32.1. The number of thiophene rings is 1. The fourth-order valence-electron chi connectivity index (χ4n) is 3.20. The number of nitrogens with zero attached hydrogens (tertiary/aromatic N) is 3. The van der Waals surface area contributed by atoms with E-state index in [1.54, 1.807) is 12.1 Å². The van der Waals surface area contributed by atoms with E-state index in [-0.39, 0.29) is 12.0 Å². The Bertz CT molecular complexity index is 1160. The van der Waals surface area contributed by atoms with Crippen LogP contribution < -0.4 is 11.1 Å². The summed E-state index contributed by atoms with van der Waals surface area (Å²) < 4.78 is 16.1. The van der Waals surface area contributed by atoms with Crippen molar-refractivity contribution < 1.29 is 4.39 Å². The lowest BCUT2D eigenvalue weighted by molar-refractivity contribution is 0.631. The fourth-order valence-corrected chi connectivity index (χ4v) is 4.27. The van der Waals surface area contributed by atoms with Crippen LogP contribution in [0.25, 0.3) is 21.5 Å². The molecule has 0 amide bonds. The van der Waals surface area contributed by atoms with Gasteiger partial charge in [0.15, 0.2) is 12.1 Å². The molecule has 128 valence electrons. The molecule has 0 saturated carbocycles. The maximum atomic E-state index is 14.1. The Morgan fingerprint density at radius 3 is 2.73 bits per heavy atom. The molecule has 5 rings (SSSR count). The largest absolute Gasteiger partial charge is 0.370 e. The van der Waals surface area contributed by atoms with Crippen LogP contribution in [0.3, 0.4) is 0 Å². The zero-order chi connectivity index (χ0) is 17.7. The second-order valence-electron chi connectivity index (χ2n) is 5.99. The number of halogens is 1. The Balaban J connectivity index is 1.65. The molecule has 0 saturated heterocycles. The topological polar surface area (TPSA) is 68.2 Å². The number of hydrogen-bond acceptors (Lipinski definition) is 5. The van der Waals surface area contributed by atoms with Crippen molar-refractivity contribution >= 4 is 34.3 Å². The van der Waals surface area contributed by atoms with Gasteiger partial charge in [0.25, 0.3) is 0 Å². The third kappa shape index (κ3) is 2.28. The number of nitrogens with one attached hydrogen (secondary N) is 1. The van der Waals surface area contributed by atoms with Crippen molar-refractivity contribution in [2.45, 2.75) is 6.17 Å². The van der Waals surface area contributed by atoms with Crippen LogP contribution in [0.15, 0.2) is 65.7 Å². The van der Waals surface area contributed by atoms with E-state index < -0.39 is 0 Å². The molecular weight excluding hydrogens is 349 g/mol. The lowest BCUT2D eigenvalue weighted by atomic mass is 10.2. The Morgan fingerprint density at radius 2 is 1.85 bits per heavy atom. The van der Waals surface area contributed by atoms with Crippen molar-refractivity contribution in [2.75, 3.05) is 5.32 Å². The van der Waals surface area contributed by atoms with Gasteiger partial charge in [0.05, 0.1) is 15.9 Å². The maximum Gasteiger partial charge on any atom is 0.212 e. The number of guanidine groups is 1. The van der Waals surface area contributed by atoms with Gasteiger partial charge in [0.1, 0.15) is 5.82 Å². The number of fused-ring (bicyclic) bond motifs is 3. The molecule has 0 bridgehead atoms. The van der Waals surface area contributed by atoms with Crippen molar-refractivity contribution in [1.82, 2.24) is 9.55 Å². The normalized spacial score (nSPS) is 16.2. The summed E-state index contributed by atoms with van der Waals surface area (Å²) in [6.07, 6.45) is -0.329. The van der Waals surface area contributed by atoms with E-state index in [2.05, 4.69) is 15.3 Å². The molecule has 1 aliphatic heterocycles. The summed E-state index contributed by atoms with van der Waals surface area (Å²) in [6, 6.07) is 18.5. The summed E-state index contributed by atoms with van der Waals surface area (Å²) in [5, 5.41) is 3.02. The van der Waals surface area contributed by atoms with Crippen LogP contribution in [0.5, 0.6) is 0 Å². The van der Waals surface area contributed by atoms with Crippen LogP contribution in [-0.2, 0) is 0 Å². The highest BCUT2D eigenvalue weighted by molar-refractivity contribution is 7.15. The van der Waals surface area contributed by atoms with Gasteiger partial charge in [0.2, 0.25) is 5.95 Å². The Hall–Kier alpha value is -3.19. The van der Waals surface area contributed by atoms with E-state index >= 15 is 0 Å². The molecule has 2 aromatic carbocycles. The average molecular weight is 363 g/mol. The van der Waals surface area contributed by atoms with Crippen molar-refractivity contribution in [1.29, 1.82) is 0 Å².